The molecule has 0 aromatic heterocycles. The first-order valence-electron chi connectivity index (χ1n) is 5.91. The largest absolute Gasteiger partial charge is 0.369 e. The maximum absolute atomic E-state index is 11.1. The Hall–Kier alpha value is -0.610. The fourth-order valence-electron chi connectivity index (χ4n) is 2.76. The van der Waals surface area contributed by atoms with Crippen LogP contribution in [0.25, 0.3) is 0 Å². The minimum atomic E-state index is -0.130. The summed E-state index contributed by atoms with van der Waals surface area (Å²) in [6, 6.07) is 0.609. The van der Waals surface area contributed by atoms with E-state index in [1.54, 1.807) is 0 Å². The Morgan fingerprint density at radius 3 is 2.87 bits per heavy atom. The second-order valence-electron chi connectivity index (χ2n) is 5.04. The van der Waals surface area contributed by atoms with Crippen LogP contribution in [0.15, 0.2) is 0 Å². The van der Waals surface area contributed by atoms with Gasteiger partial charge in [-0.2, -0.15) is 0 Å². The standard InChI is InChI=1S/C11H21N3O/c1-8-4-10(6-13-5-8)14-3-2-9(7-14)11(12)15/h8-10,13H,2-7H2,1H3,(H2,12,15). The zero-order valence-corrected chi connectivity index (χ0v) is 9.41. The van der Waals surface area contributed by atoms with Crippen molar-refractivity contribution in [3.8, 4) is 0 Å². The number of hydrogen-bond donors (Lipinski definition) is 2. The molecular formula is C11H21N3O. The molecule has 4 nitrogen and oxygen atoms in total. The number of piperidine rings is 1. The van der Waals surface area contributed by atoms with Gasteiger partial charge >= 0.3 is 0 Å². The van der Waals surface area contributed by atoms with E-state index in [0.717, 1.165) is 38.5 Å². The van der Waals surface area contributed by atoms with Crippen molar-refractivity contribution in [2.24, 2.45) is 17.6 Å². The molecule has 3 N–H and O–H groups in total. The first-order chi connectivity index (χ1) is 7.16. The summed E-state index contributed by atoms with van der Waals surface area (Å²) in [6.45, 7) is 6.38. The van der Waals surface area contributed by atoms with Crippen molar-refractivity contribution in [2.75, 3.05) is 26.2 Å². The topological polar surface area (TPSA) is 58.4 Å². The normalized spacial score (nSPS) is 38.1. The molecule has 0 saturated carbocycles. The van der Waals surface area contributed by atoms with Crippen LogP contribution in [-0.2, 0) is 4.79 Å². The highest BCUT2D eigenvalue weighted by atomic mass is 16.1. The summed E-state index contributed by atoms with van der Waals surface area (Å²) in [5, 5.41) is 3.45. The van der Waals surface area contributed by atoms with Gasteiger partial charge in [0.15, 0.2) is 0 Å². The van der Waals surface area contributed by atoms with Gasteiger partial charge in [-0.25, -0.2) is 0 Å². The molecular weight excluding hydrogens is 190 g/mol. The summed E-state index contributed by atoms with van der Waals surface area (Å²) in [6.07, 6.45) is 2.19. The quantitative estimate of drug-likeness (QED) is 0.664. The number of primary amides is 1. The molecule has 2 fully saturated rings. The number of nitrogens with zero attached hydrogens (tertiary/aromatic N) is 1. The maximum atomic E-state index is 11.1. The third kappa shape index (κ3) is 2.49. The number of hydrogen-bond acceptors (Lipinski definition) is 3. The van der Waals surface area contributed by atoms with Crippen LogP contribution in [0.4, 0.5) is 0 Å². The van der Waals surface area contributed by atoms with Gasteiger partial charge in [-0.1, -0.05) is 6.92 Å². The Morgan fingerprint density at radius 1 is 1.47 bits per heavy atom. The fourth-order valence-corrected chi connectivity index (χ4v) is 2.76. The third-order valence-electron chi connectivity index (χ3n) is 3.69. The van der Waals surface area contributed by atoms with E-state index in [1.165, 1.54) is 6.42 Å². The molecule has 2 aliphatic heterocycles. The van der Waals surface area contributed by atoms with Crippen LogP contribution in [0.5, 0.6) is 0 Å². The van der Waals surface area contributed by atoms with Gasteiger partial charge < -0.3 is 11.1 Å². The summed E-state index contributed by atoms with van der Waals surface area (Å²) in [4.78, 5) is 13.5. The lowest BCUT2D eigenvalue weighted by atomic mass is 9.97. The van der Waals surface area contributed by atoms with Crippen LogP contribution in [0, 0.1) is 11.8 Å². The van der Waals surface area contributed by atoms with Crippen LogP contribution in [0.1, 0.15) is 19.8 Å². The first-order valence-corrected chi connectivity index (χ1v) is 5.91. The number of carbonyl (C=O) groups is 1. The SMILES string of the molecule is CC1CNCC(N2CCC(C(N)=O)C2)C1. The molecule has 2 aliphatic rings. The van der Waals surface area contributed by atoms with E-state index < -0.39 is 0 Å². The highest BCUT2D eigenvalue weighted by Crippen LogP contribution is 2.23. The number of nitrogens with one attached hydrogen (secondary N) is 1. The summed E-state index contributed by atoms with van der Waals surface area (Å²) >= 11 is 0. The highest BCUT2D eigenvalue weighted by molar-refractivity contribution is 5.77. The molecule has 4 heteroatoms. The van der Waals surface area contributed by atoms with E-state index in [2.05, 4.69) is 17.1 Å². The molecule has 86 valence electrons. The maximum Gasteiger partial charge on any atom is 0.221 e. The molecule has 15 heavy (non-hydrogen) atoms. The average Bonchev–Trinajstić information content (AvgIpc) is 2.66. The number of carbonyl (C=O) groups excluding carboxylic acids is 1. The lowest BCUT2D eigenvalue weighted by Crippen LogP contribution is -2.48. The van der Waals surface area contributed by atoms with Crippen molar-refractivity contribution < 1.29 is 4.79 Å². The van der Waals surface area contributed by atoms with Crippen molar-refractivity contribution in [1.82, 2.24) is 10.2 Å². The van der Waals surface area contributed by atoms with Crippen molar-refractivity contribution >= 4 is 5.91 Å². The zero-order valence-electron chi connectivity index (χ0n) is 9.41. The molecule has 0 aromatic carbocycles. The molecule has 3 atom stereocenters. The molecule has 2 saturated heterocycles. The Balaban J connectivity index is 1.87. The summed E-state index contributed by atoms with van der Waals surface area (Å²) < 4.78 is 0. The Morgan fingerprint density at radius 2 is 2.27 bits per heavy atom. The summed E-state index contributed by atoms with van der Waals surface area (Å²) in [5.74, 6) is 0.702. The highest BCUT2D eigenvalue weighted by Gasteiger charge is 2.32. The summed E-state index contributed by atoms with van der Waals surface area (Å²) in [7, 11) is 0. The van der Waals surface area contributed by atoms with Crippen LogP contribution in [0.2, 0.25) is 0 Å². The number of nitrogens with two attached hydrogens (primary N) is 1. The predicted molar refractivity (Wildman–Crippen MR) is 59.3 cm³/mol. The minimum absolute atomic E-state index is 0.0854. The molecule has 2 heterocycles. The van der Waals surface area contributed by atoms with Crippen LogP contribution in [-0.4, -0.2) is 43.0 Å². The van der Waals surface area contributed by atoms with Gasteiger partial charge in [0.05, 0.1) is 5.92 Å². The van der Waals surface area contributed by atoms with Gasteiger partial charge in [-0.05, 0) is 31.8 Å². The van der Waals surface area contributed by atoms with Crippen LogP contribution >= 0.6 is 0 Å². The Bertz CT molecular complexity index is 244. The van der Waals surface area contributed by atoms with Gasteiger partial charge in [-0.3, -0.25) is 9.69 Å². The predicted octanol–water partition coefficient (Wildman–Crippen LogP) is -0.208. The van der Waals surface area contributed by atoms with E-state index in [4.69, 9.17) is 5.73 Å². The lowest BCUT2D eigenvalue weighted by molar-refractivity contribution is -0.121. The second-order valence-corrected chi connectivity index (χ2v) is 5.04. The number of amides is 1. The van der Waals surface area contributed by atoms with Crippen molar-refractivity contribution in [1.29, 1.82) is 0 Å². The Kier molecular flexibility index (Phi) is 3.26. The molecule has 0 radical (unpaired) electrons. The average molecular weight is 211 g/mol. The van der Waals surface area contributed by atoms with E-state index >= 15 is 0 Å². The number of likely N-dealkylation sites (tertiary alicyclic amines) is 1. The van der Waals surface area contributed by atoms with Crippen molar-refractivity contribution in [3.63, 3.8) is 0 Å². The molecule has 0 aromatic rings. The molecule has 0 bridgehead atoms. The van der Waals surface area contributed by atoms with Crippen molar-refractivity contribution in [2.45, 2.75) is 25.8 Å². The molecule has 0 aliphatic carbocycles. The lowest BCUT2D eigenvalue weighted by Gasteiger charge is -2.34. The van der Waals surface area contributed by atoms with Gasteiger partial charge in [-0.15, -0.1) is 0 Å². The van der Waals surface area contributed by atoms with Crippen molar-refractivity contribution in [3.05, 3.63) is 0 Å². The van der Waals surface area contributed by atoms with Gasteiger partial charge in [0.25, 0.3) is 0 Å². The second kappa shape index (κ2) is 4.49. The van der Waals surface area contributed by atoms with Gasteiger partial charge in [0.1, 0.15) is 0 Å². The minimum Gasteiger partial charge on any atom is -0.369 e. The zero-order chi connectivity index (χ0) is 10.8. The van der Waals surface area contributed by atoms with E-state index in [-0.39, 0.29) is 11.8 Å². The Labute approximate surface area is 91.2 Å². The van der Waals surface area contributed by atoms with Gasteiger partial charge in [0.2, 0.25) is 5.91 Å². The third-order valence-corrected chi connectivity index (χ3v) is 3.69. The molecule has 3 unspecified atom stereocenters. The fraction of sp³-hybridized carbons (Fsp3) is 0.909. The van der Waals surface area contributed by atoms with E-state index in [1.807, 2.05) is 0 Å². The number of rotatable bonds is 2. The molecule has 2 rings (SSSR count). The van der Waals surface area contributed by atoms with E-state index in [0.29, 0.717) is 6.04 Å². The smallest absolute Gasteiger partial charge is 0.221 e. The summed E-state index contributed by atoms with van der Waals surface area (Å²) in [5.41, 5.74) is 5.34. The monoisotopic (exact) mass is 211 g/mol. The first kappa shape index (κ1) is 10.9. The molecule has 0 spiro atoms. The van der Waals surface area contributed by atoms with Crippen LogP contribution < -0.4 is 11.1 Å². The van der Waals surface area contributed by atoms with Crippen LogP contribution in [0.3, 0.4) is 0 Å². The van der Waals surface area contributed by atoms with E-state index in [9.17, 15) is 4.79 Å². The van der Waals surface area contributed by atoms with Gasteiger partial charge in [0, 0.05) is 19.1 Å². The molecule has 1 amide bonds.